The van der Waals surface area contributed by atoms with Crippen LogP contribution in [0, 0.1) is 11.6 Å². The third kappa shape index (κ3) is 13.7. The van der Waals surface area contributed by atoms with Gasteiger partial charge >= 0.3 is 6.18 Å². The fraction of sp³-hybridized carbons (Fsp3) is 0.289. The lowest BCUT2D eigenvalue weighted by atomic mass is 10.2. The summed E-state index contributed by atoms with van der Waals surface area (Å²) in [5, 5.41) is 6.79. The third-order valence-electron chi connectivity index (χ3n) is 9.85. The first-order valence-corrected chi connectivity index (χ1v) is 21.6. The van der Waals surface area contributed by atoms with Crippen molar-refractivity contribution < 1.29 is 36.2 Å². The largest absolute Gasteiger partial charge is 0.480 e. The smallest absolute Gasteiger partial charge is 0.416 e. The normalized spacial score (nSPS) is 14.3. The van der Waals surface area contributed by atoms with Gasteiger partial charge in [0.2, 0.25) is 5.88 Å². The van der Waals surface area contributed by atoms with E-state index < -0.39 is 23.4 Å². The van der Waals surface area contributed by atoms with Crippen molar-refractivity contribution in [2.75, 3.05) is 80.1 Å². The molecule has 0 amide bonds. The number of rotatable bonds is 14. The molecule has 350 valence electrons. The zero-order chi connectivity index (χ0) is 47.2. The van der Waals surface area contributed by atoms with Gasteiger partial charge in [0, 0.05) is 55.0 Å². The number of hydrogen-bond donors (Lipinski definition) is 2. The van der Waals surface area contributed by atoms with Gasteiger partial charge in [0.05, 0.1) is 93.2 Å². The molecular formula is C45H43Cl2F5N12O3. The molecule has 67 heavy (non-hydrogen) atoms. The molecule has 2 N–H and O–H groups in total. The summed E-state index contributed by atoms with van der Waals surface area (Å²) in [4.78, 5) is 37.8. The molecule has 2 aliphatic heterocycles. The molecule has 0 aliphatic carbocycles. The molecular weight excluding hydrogens is 922 g/mol. The Bertz CT molecular complexity index is 2670. The van der Waals surface area contributed by atoms with Crippen LogP contribution in [0.1, 0.15) is 34.3 Å². The Morgan fingerprint density at radius 3 is 1.76 bits per heavy atom. The number of anilines is 6. The SMILES string of the molecule is COc1nc(C=NCc2ncc(F)c(N3CCOCC3)n2)ccc1Nc1cccc(Cl)c1.Fc1cnc(CN=Cc2ccc(Nc3cccc(C(F)(F)F)c3)c(CCl)n2)nc1N1CCOCC1. The Labute approximate surface area is 392 Å². The van der Waals surface area contributed by atoms with Gasteiger partial charge in [0.15, 0.2) is 34.9 Å². The van der Waals surface area contributed by atoms with Crippen LogP contribution in [-0.4, -0.2) is 102 Å². The Kier molecular flexibility index (Phi) is 16.7. The molecule has 22 heteroatoms. The van der Waals surface area contributed by atoms with Crippen LogP contribution in [0.3, 0.4) is 0 Å². The van der Waals surface area contributed by atoms with Crippen LogP contribution >= 0.6 is 23.2 Å². The Hall–Kier alpha value is -6.61. The number of hydrogen-bond acceptors (Lipinski definition) is 15. The fourth-order valence-corrected chi connectivity index (χ4v) is 7.00. The highest BCUT2D eigenvalue weighted by Gasteiger charge is 2.30. The molecule has 0 saturated carbocycles. The van der Waals surface area contributed by atoms with Crippen LogP contribution in [-0.2, 0) is 34.6 Å². The van der Waals surface area contributed by atoms with Gasteiger partial charge < -0.3 is 34.6 Å². The molecule has 2 aromatic carbocycles. The van der Waals surface area contributed by atoms with Crippen molar-refractivity contribution in [3.63, 3.8) is 0 Å². The summed E-state index contributed by atoms with van der Waals surface area (Å²) < 4.78 is 83.2. The van der Waals surface area contributed by atoms with E-state index in [2.05, 4.69) is 50.5 Å². The van der Waals surface area contributed by atoms with Gasteiger partial charge in [0.1, 0.15) is 5.69 Å². The zero-order valence-electron chi connectivity index (χ0n) is 35.9. The molecule has 0 atom stereocenters. The van der Waals surface area contributed by atoms with E-state index in [1.165, 1.54) is 24.5 Å². The van der Waals surface area contributed by atoms with Crippen LogP contribution in [0.2, 0.25) is 5.02 Å². The Morgan fingerprint density at radius 2 is 1.22 bits per heavy atom. The molecule has 0 spiro atoms. The summed E-state index contributed by atoms with van der Waals surface area (Å²) in [7, 11) is 1.55. The summed E-state index contributed by atoms with van der Waals surface area (Å²) in [6, 6.07) is 19.2. The molecule has 6 aromatic rings. The van der Waals surface area contributed by atoms with Gasteiger partial charge in [-0.05, 0) is 60.7 Å². The number of aliphatic imine (C=N–C) groups is 2. The first-order chi connectivity index (χ1) is 32.4. The fourth-order valence-electron chi connectivity index (χ4n) is 6.61. The molecule has 0 radical (unpaired) electrons. The average Bonchev–Trinajstić information content (AvgIpc) is 3.34. The molecule has 2 fully saturated rings. The number of methoxy groups -OCH3 is 1. The lowest BCUT2D eigenvalue weighted by molar-refractivity contribution is -0.137. The molecule has 2 saturated heterocycles. The number of halogens is 7. The highest BCUT2D eigenvalue weighted by molar-refractivity contribution is 6.30. The molecule has 6 heterocycles. The maximum Gasteiger partial charge on any atom is 0.416 e. The zero-order valence-corrected chi connectivity index (χ0v) is 37.4. The minimum Gasteiger partial charge on any atom is -0.480 e. The Balaban J connectivity index is 0.000000200. The second-order valence-corrected chi connectivity index (χ2v) is 15.3. The second-order valence-electron chi connectivity index (χ2n) is 14.5. The van der Waals surface area contributed by atoms with Crippen molar-refractivity contribution in [3.05, 3.63) is 136 Å². The van der Waals surface area contributed by atoms with Gasteiger partial charge in [-0.3, -0.25) is 9.98 Å². The summed E-state index contributed by atoms with van der Waals surface area (Å²) >= 11 is 12.1. The maximum absolute atomic E-state index is 14.2. The van der Waals surface area contributed by atoms with E-state index in [0.29, 0.717) is 104 Å². The lowest BCUT2D eigenvalue weighted by Gasteiger charge is -2.28. The predicted molar refractivity (Wildman–Crippen MR) is 247 cm³/mol. The van der Waals surface area contributed by atoms with Crippen molar-refractivity contribution in [2.24, 2.45) is 9.98 Å². The topological polar surface area (TPSA) is 160 Å². The molecule has 8 rings (SSSR count). The summed E-state index contributed by atoms with van der Waals surface area (Å²) in [5.41, 5.74) is 3.05. The van der Waals surface area contributed by atoms with Crippen molar-refractivity contribution in [1.29, 1.82) is 0 Å². The van der Waals surface area contributed by atoms with Gasteiger partial charge in [-0.15, -0.1) is 11.6 Å². The number of ether oxygens (including phenoxy) is 3. The van der Waals surface area contributed by atoms with Crippen LogP contribution in [0.15, 0.2) is 95.2 Å². The Morgan fingerprint density at radius 1 is 0.701 bits per heavy atom. The van der Waals surface area contributed by atoms with E-state index in [1.807, 2.05) is 35.2 Å². The first-order valence-electron chi connectivity index (χ1n) is 20.7. The number of benzene rings is 2. The molecule has 0 bridgehead atoms. The van der Waals surface area contributed by atoms with Gasteiger partial charge in [-0.2, -0.15) is 13.2 Å². The second kappa shape index (κ2) is 23.2. The van der Waals surface area contributed by atoms with Crippen LogP contribution in [0.25, 0.3) is 0 Å². The highest BCUT2D eigenvalue weighted by Crippen LogP contribution is 2.32. The number of nitrogens with zero attached hydrogens (tertiary/aromatic N) is 10. The minimum absolute atomic E-state index is 0.0347. The van der Waals surface area contributed by atoms with Crippen LogP contribution in [0.4, 0.5) is 56.3 Å². The van der Waals surface area contributed by atoms with Crippen LogP contribution < -0.4 is 25.2 Å². The van der Waals surface area contributed by atoms with Gasteiger partial charge in [-0.25, -0.2) is 38.7 Å². The van der Waals surface area contributed by atoms with E-state index in [9.17, 15) is 22.0 Å². The van der Waals surface area contributed by atoms with Gasteiger partial charge in [-0.1, -0.05) is 23.7 Å². The minimum atomic E-state index is -4.44. The van der Waals surface area contributed by atoms with Crippen molar-refractivity contribution in [3.8, 4) is 5.88 Å². The quantitative estimate of drug-likeness (QED) is 0.0606. The van der Waals surface area contributed by atoms with Gasteiger partial charge in [0.25, 0.3) is 0 Å². The van der Waals surface area contributed by atoms with Crippen molar-refractivity contribution >= 4 is 70.0 Å². The summed E-state index contributed by atoms with van der Waals surface area (Å²) in [6.07, 6.45) is 0.974. The predicted octanol–water partition coefficient (Wildman–Crippen LogP) is 8.84. The third-order valence-corrected chi connectivity index (χ3v) is 10.3. The van der Waals surface area contributed by atoms with E-state index in [0.717, 1.165) is 24.0 Å². The lowest BCUT2D eigenvalue weighted by Crippen LogP contribution is -2.37. The molecule has 0 unspecified atom stereocenters. The van der Waals surface area contributed by atoms with E-state index in [1.54, 1.807) is 36.4 Å². The van der Waals surface area contributed by atoms with E-state index in [-0.39, 0.29) is 36.3 Å². The van der Waals surface area contributed by atoms with E-state index in [4.69, 9.17) is 37.4 Å². The first kappa shape index (κ1) is 48.3. The summed E-state index contributed by atoms with van der Waals surface area (Å²) in [5.74, 6) is 0.783. The number of alkyl halides is 4. The molecule has 4 aromatic heterocycles. The number of nitrogens with one attached hydrogen (secondary N) is 2. The average molecular weight is 966 g/mol. The van der Waals surface area contributed by atoms with Crippen molar-refractivity contribution in [1.82, 2.24) is 29.9 Å². The molecule has 15 nitrogen and oxygen atoms in total. The molecule has 2 aliphatic rings. The number of pyridine rings is 2. The van der Waals surface area contributed by atoms with E-state index >= 15 is 0 Å². The number of morpholine rings is 2. The summed E-state index contributed by atoms with van der Waals surface area (Å²) in [6.45, 7) is 4.69. The standard InChI is InChI=1S/C23H21ClF4N6O.C22H22ClFN6O2/c24-11-20-19(31-16-3-1-2-15(10-16)23(26,27)28)5-4-17(32-20)12-29-14-21-30-13-18(25)22(33-21)34-6-8-35-9-7-34;1-31-22-19(27-16-4-2-3-15(23)11-16)6-5-17(28-22)12-25-14-20-26-13-18(24)21(29-20)30-7-9-32-10-8-30/h1-5,10,12-13,31H,6-9,11,14H2;2-6,11-13,27H,7-10,14H2,1H3. The number of aromatic nitrogens is 6. The monoisotopic (exact) mass is 964 g/mol. The highest BCUT2D eigenvalue weighted by atomic mass is 35.5. The van der Waals surface area contributed by atoms with Crippen molar-refractivity contribution in [2.45, 2.75) is 25.1 Å². The van der Waals surface area contributed by atoms with Crippen LogP contribution in [0.5, 0.6) is 5.88 Å². The maximum atomic E-state index is 14.2.